The number of aromatic nitrogens is 2. The van der Waals surface area contributed by atoms with Crippen LogP contribution in [0.3, 0.4) is 0 Å². The highest BCUT2D eigenvalue weighted by Crippen LogP contribution is 2.36. The van der Waals surface area contributed by atoms with Crippen LogP contribution in [-0.4, -0.2) is 81.5 Å². The monoisotopic (exact) mass is 529 g/mol. The van der Waals surface area contributed by atoms with Crippen LogP contribution in [0.1, 0.15) is 5.56 Å². The molecule has 0 bridgehead atoms. The summed E-state index contributed by atoms with van der Waals surface area (Å²) in [5.41, 5.74) is 2.65. The standard InChI is InChI=1S/C25H28FN5O5S/c1-14-8-16(31-37(33)6-4-27-5-7-37)10-18-22(14)25(29-13-28-18)30-17-3-2-15(26)9-20(17)36-21-12-35-23-19(32)11-34-24(21)23/h2-3,8-10,13,19,21,23-24,27,32H,4-7,11-12H2,1H3,(H,28,29,30)/t19-,21-,23-,24-/m1/s1. The molecule has 12 heteroatoms. The average Bonchev–Trinajstić information content (AvgIpc) is 3.44. The van der Waals surface area contributed by atoms with E-state index < -0.39 is 40.0 Å². The first-order valence-electron chi connectivity index (χ1n) is 12.2. The smallest absolute Gasteiger partial charge is 0.151 e. The summed E-state index contributed by atoms with van der Waals surface area (Å²) in [4.78, 5) is 8.85. The molecule has 1 aromatic heterocycles. The summed E-state index contributed by atoms with van der Waals surface area (Å²) in [6, 6.07) is 7.90. The summed E-state index contributed by atoms with van der Waals surface area (Å²) in [6.45, 7) is 3.70. The van der Waals surface area contributed by atoms with Crippen LogP contribution in [0.5, 0.6) is 5.75 Å². The van der Waals surface area contributed by atoms with E-state index in [2.05, 4.69) is 25.0 Å². The van der Waals surface area contributed by atoms with Crippen molar-refractivity contribution in [2.75, 3.05) is 43.1 Å². The van der Waals surface area contributed by atoms with Gasteiger partial charge in [0.15, 0.2) is 6.10 Å². The van der Waals surface area contributed by atoms with E-state index in [4.69, 9.17) is 14.2 Å². The van der Waals surface area contributed by atoms with Crippen LogP contribution in [0.4, 0.5) is 21.6 Å². The van der Waals surface area contributed by atoms with Crippen molar-refractivity contribution < 1.29 is 27.9 Å². The maximum atomic E-state index is 14.2. The molecule has 2 aromatic carbocycles. The number of hydrogen-bond donors (Lipinski definition) is 3. The lowest BCUT2D eigenvalue weighted by Crippen LogP contribution is -2.35. The van der Waals surface area contributed by atoms with Crippen LogP contribution in [0, 0.1) is 12.7 Å². The maximum Gasteiger partial charge on any atom is 0.151 e. The number of hydrogen-bond acceptors (Lipinski definition) is 10. The van der Waals surface area contributed by atoms with E-state index in [0.717, 1.165) is 10.9 Å². The zero-order valence-corrected chi connectivity index (χ0v) is 21.0. The molecule has 0 spiro atoms. The van der Waals surface area contributed by atoms with E-state index in [1.165, 1.54) is 18.5 Å². The van der Waals surface area contributed by atoms with Crippen molar-refractivity contribution in [2.24, 2.45) is 4.36 Å². The topological polar surface area (TPSA) is 127 Å². The third kappa shape index (κ3) is 4.87. The maximum absolute atomic E-state index is 14.2. The van der Waals surface area contributed by atoms with Gasteiger partial charge in [0.25, 0.3) is 0 Å². The van der Waals surface area contributed by atoms with Crippen molar-refractivity contribution in [2.45, 2.75) is 31.3 Å². The number of nitrogens with one attached hydrogen (secondary N) is 2. The van der Waals surface area contributed by atoms with Crippen molar-refractivity contribution in [3.05, 3.63) is 48.0 Å². The van der Waals surface area contributed by atoms with Crippen LogP contribution in [-0.2, 0) is 19.2 Å². The van der Waals surface area contributed by atoms with E-state index >= 15 is 0 Å². The summed E-state index contributed by atoms with van der Waals surface area (Å²) < 4.78 is 49.3. The lowest BCUT2D eigenvalue weighted by atomic mass is 10.1. The molecule has 0 amide bonds. The van der Waals surface area contributed by atoms with E-state index in [9.17, 15) is 13.7 Å². The Kier molecular flexibility index (Phi) is 6.45. The van der Waals surface area contributed by atoms with E-state index in [0.29, 0.717) is 47.3 Å². The van der Waals surface area contributed by atoms with Gasteiger partial charge in [-0.05, 0) is 36.8 Å². The Bertz CT molecular complexity index is 1450. The molecular formula is C25H28FN5O5S. The molecule has 3 aromatic rings. The average molecular weight is 530 g/mol. The van der Waals surface area contributed by atoms with Gasteiger partial charge in [0.2, 0.25) is 0 Å². The number of benzene rings is 2. The molecule has 3 aliphatic heterocycles. The Hall–Kier alpha value is -2.90. The highest BCUT2D eigenvalue weighted by atomic mass is 32.2. The molecule has 0 unspecified atom stereocenters. The fourth-order valence-corrected chi connectivity index (χ4v) is 6.83. The molecule has 0 radical (unpaired) electrons. The van der Waals surface area contributed by atoms with Crippen LogP contribution < -0.4 is 15.4 Å². The zero-order chi connectivity index (χ0) is 25.6. The second-order valence-electron chi connectivity index (χ2n) is 9.49. The van der Waals surface area contributed by atoms with Gasteiger partial charge in [-0.2, -0.15) is 4.36 Å². The van der Waals surface area contributed by atoms with Crippen molar-refractivity contribution >= 4 is 37.8 Å². The lowest BCUT2D eigenvalue weighted by Gasteiger charge is -2.21. The second-order valence-corrected chi connectivity index (χ2v) is 12.0. The number of nitrogens with zero attached hydrogens (tertiary/aromatic N) is 3. The van der Waals surface area contributed by atoms with Gasteiger partial charge in [-0.3, -0.25) is 0 Å². The minimum absolute atomic E-state index is 0.176. The SMILES string of the molecule is Cc1cc(N=S2(=O)CCNCC2)cc2ncnc(Nc3ccc(F)cc3O[C@@H]3CO[C@H]4[C@@H]3OC[C@H]4O)c12. The minimum Gasteiger partial charge on any atom is -0.483 e. The normalized spacial score (nSPS) is 26.7. The van der Waals surface area contributed by atoms with Crippen LogP contribution in [0.25, 0.3) is 10.9 Å². The van der Waals surface area contributed by atoms with Crippen molar-refractivity contribution in [1.82, 2.24) is 15.3 Å². The number of aliphatic hydroxyl groups excluding tert-OH is 1. The highest BCUT2D eigenvalue weighted by Gasteiger charge is 2.48. The number of aryl methyl sites for hydroxylation is 1. The number of fused-ring (bicyclic) bond motifs is 2. The second kappa shape index (κ2) is 9.76. The fourth-order valence-electron chi connectivity index (χ4n) is 5.03. The molecular weight excluding hydrogens is 501 g/mol. The molecule has 3 aliphatic rings. The van der Waals surface area contributed by atoms with Gasteiger partial charge in [-0.15, -0.1) is 0 Å². The van der Waals surface area contributed by atoms with Gasteiger partial charge < -0.3 is 30.0 Å². The third-order valence-corrected chi connectivity index (χ3v) is 9.07. The minimum atomic E-state index is -2.30. The van der Waals surface area contributed by atoms with Gasteiger partial charge in [0, 0.05) is 36.0 Å². The van der Waals surface area contributed by atoms with Crippen molar-refractivity contribution in [1.29, 1.82) is 0 Å². The first kappa shape index (κ1) is 24.4. The number of rotatable bonds is 5. The number of anilines is 2. The van der Waals surface area contributed by atoms with Gasteiger partial charge in [0.05, 0.1) is 39.8 Å². The van der Waals surface area contributed by atoms with Crippen molar-refractivity contribution in [3.8, 4) is 5.75 Å². The summed E-state index contributed by atoms with van der Waals surface area (Å²) in [6.07, 6.45) is -0.645. The molecule has 196 valence electrons. The molecule has 4 atom stereocenters. The van der Waals surface area contributed by atoms with Crippen molar-refractivity contribution in [3.63, 3.8) is 0 Å². The third-order valence-electron chi connectivity index (χ3n) is 6.84. The fraction of sp³-hybridized carbons (Fsp3) is 0.440. The van der Waals surface area contributed by atoms with Gasteiger partial charge in [-0.1, -0.05) is 0 Å². The number of aliphatic hydroxyl groups is 1. The Morgan fingerprint density at radius 3 is 2.81 bits per heavy atom. The summed E-state index contributed by atoms with van der Waals surface area (Å²) >= 11 is 0. The van der Waals surface area contributed by atoms with E-state index in [1.807, 2.05) is 19.1 Å². The molecule has 6 rings (SSSR count). The largest absolute Gasteiger partial charge is 0.483 e. The molecule has 3 fully saturated rings. The molecule has 0 saturated carbocycles. The Labute approximate surface area is 213 Å². The van der Waals surface area contributed by atoms with Crippen LogP contribution in [0.15, 0.2) is 41.0 Å². The number of ether oxygens (including phenoxy) is 3. The quantitative estimate of drug-likeness (QED) is 0.457. The van der Waals surface area contributed by atoms with E-state index in [-0.39, 0.29) is 19.0 Å². The van der Waals surface area contributed by atoms with E-state index in [1.54, 1.807) is 6.07 Å². The van der Waals surface area contributed by atoms with Gasteiger partial charge in [-0.25, -0.2) is 18.6 Å². The number of halogens is 1. The van der Waals surface area contributed by atoms with Gasteiger partial charge in [0.1, 0.15) is 42.0 Å². The molecule has 4 heterocycles. The molecule has 0 aliphatic carbocycles. The lowest BCUT2D eigenvalue weighted by molar-refractivity contribution is 0.00871. The summed E-state index contributed by atoms with van der Waals surface area (Å²) in [5, 5.41) is 17.3. The Balaban J connectivity index is 1.31. The first-order chi connectivity index (χ1) is 17.9. The highest BCUT2D eigenvalue weighted by molar-refractivity contribution is 7.93. The van der Waals surface area contributed by atoms with Crippen LogP contribution in [0.2, 0.25) is 0 Å². The Morgan fingerprint density at radius 2 is 1.97 bits per heavy atom. The van der Waals surface area contributed by atoms with Gasteiger partial charge >= 0.3 is 0 Å². The predicted octanol–water partition coefficient (Wildman–Crippen LogP) is 2.43. The summed E-state index contributed by atoms with van der Waals surface area (Å²) in [5.74, 6) is 1.38. The van der Waals surface area contributed by atoms with Crippen LogP contribution >= 0.6 is 0 Å². The molecule has 3 N–H and O–H groups in total. The summed E-state index contributed by atoms with van der Waals surface area (Å²) in [7, 11) is -2.30. The Morgan fingerprint density at radius 1 is 1.16 bits per heavy atom. The molecule has 10 nitrogen and oxygen atoms in total. The molecule has 37 heavy (non-hydrogen) atoms. The first-order valence-corrected chi connectivity index (χ1v) is 14.1. The molecule has 3 saturated heterocycles. The zero-order valence-electron chi connectivity index (χ0n) is 20.2. The predicted molar refractivity (Wildman–Crippen MR) is 137 cm³/mol.